The molecule has 316 valence electrons. The largest absolute Gasteiger partial charge is 0.0882 e. The highest BCUT2D eigenvalue weighted by Crippen LogP contribution is 2.66. The van der Waals surface area contributed by atoms with Crippen molar-refractivity contribution in [1.82, 2.24) is 0 Å². The van der Waals surface area contributed by atoms with E-state index in [0.717, 1.165) is 25.2 Å². The highest BCUT2D eigenvalue weighted by molar-refractivity contribution is 5.82. The second-order valence-corrected chi connectivity index (χ2v) is 20.4. The van der Waals surface area contributed by atoms with E-state index in [1.165, 1.54) is 106 Å². The fraction of sp³-hybridized carbons (Fsp3) is 0.281. The third kappa shape index (κ3) is 6.38. The highest BCUT2D eigenvalue weighted by atomic mass is 14.6. The summed E-state index contributed by atoms with van der Waals surface area (Å²) in [6.45, 7) is 4.86. The van der Waals surface area contributed by atoms with Crippen LogP contribution in [0.4, 0.5) is 0 Å². The van der Waals surface area contributed by atoms with Gasteiger partial charge in [-0.05, 0) is 154 Å². The summed E-state index contributed by atoms with van der Waals surface area (Å²) in [5, 5.41) is 0. The van der Waals surface area contributed by atoms with Gasteiger partial charge in [0.05, 0.1) is 0 Å². The molecule has 0 aromatic heterocycles. The molecule has 0 heteroatoms. The molecule has 0 radical (unpaired) electrons. The van der Waals surface area contributed by atoms with Crippen LogP contribution in [-0.4, -0.2) is 0 Å². The van der Waals surface area contributed by atoms with E-state index in [4.69, 9.17) is 0 Å². The quantitative estimate of drug-likeness (QED) is 0.103. The molecular weight excluding hydrogens is 769 g/mol. The molecule has 0 heterocycles. The zero-order chi connectivity index (χ0) is 42.9. The minimum Gasteiger partial charge on any atom is -0.0882 e. The zero-order valence-corrected chi connectivity index (χ0v) is 37.7. The number of fused-ring (bicyclic) bond motifs is 7. The Kier molecular flexibility index (Phi) is 9.67. The van der Waals surface area contributed by atoms with Crippen molar-refractivity contribution in [2.24, 2.45) is 23.2 Å². The van der Waals surface area contributed by atoms with Gasteiger partial charge >= 0.3 is 0 Å². The molecule has 0 saturated heterocycles. The molecule has 0 bridgehead atoms. The molecule has 64 heavy (non-hydrogen) atoms. The van der Waals surface area contributed by atoms with Crippen LogP contribution in [0, 0.1) is 23.2 Å². The van der Waals surface area contributed by atoms with Crippen LogP contribution in [0.3, 0.4) is 0 Å². The summed E-state index contributed by atoms with van der Waals surface area (Å²) in [5.41, 5.74) is 21.6. The van der Waals surface area contributed by atoms with E-state index < -0.39 is 0 Å². The molecule has 0 aliphatic heterocycles. The van der Waals surface area contributed by atoms with Crippen LogP contribution in [0.25, 0.3) is 27.8 Å². The first-order valence-electron chi connectivity index (χ1n) is 24.5. The van der Waals surface area contributed by atoms with E-state index in [-0.39, 0.29) is 10.8 Å². The fourth-order valence-corrected chi connectivity index (χ4v) is 13.4. The third-order valence-electron chi connectivity index (χ3n) is 17.2. The fourth-order valence-electron chi connectivity index (χ4n) is 13.4. The van der Waals surface area contributed by atoms with Gasteiger partial charge in [-0.15, -0.1) is 0 Å². The SMILES string of the molecule is C/C(=C\C(C1=C2C=CC=CC2CC=C1)C12CCC=CC1C2)C1=CC=C(c2ccc([C@@](C)(c3ccc(-c4ccccc4)cc3)c3ccc4c(c3)C3(CCCC3)c3ccccc3-4)cc2)CC1. The van der Waals surface area contributed by atoms with Crippen LogP contribution in [0.15, 0.2) is 210 Å². The number of hydrogen-bond acceptors (Lipinski definition) is 0. The maximum Gasteiger partial charge on any atom is 0.0423 e. The molecule has 5 atom stereocenters. The molecule has 1 spiro atoms. The lowest BCUT2D eigenvalue weighted by Gasteiger charge is -2.34. The van der Waals surface area contributed by atoms with Crippen molar-refractivity contribution in [2.45, 2.75) is 88.9 Å². The summed E-state index contributed by atoms with van der Waals surface area (Å²) in [4.78, 5) is 0. The van der Waals surface area contributed by atoms with Crippen molar-refractivity contribution in [3.8, 4) is 22.3 Å². The first-order valence-corrected chi connectivity index (χ1v) is 24.5. The van der Waals surface area contributed by atoms with Gasteiger partial charge in [0.1, 0.15) is 0 Å². The summed E-state index contributed by atoms with van der Waals surface area (Å²) in [5.74, 6) is 1.70. The Morgan fingerprint density at radius 3 is 2.14 bits per heavy atom. The average Bonchev–Trinajstić information content (AvgIpc) is 3.80. The van der Waals surface area contributed by atoms with E-state index in [2.05, 4.69) is 202 Å². The summed E-state index contributed by atoms with van der Waals surface area (Å²) in [6.07, 6.45) is 39.0. The lowest BCUT2D eigenvalue weighted by Crippen LogP contribution is -2.27. The minimum atomic E-state index is -0.342. The normalized spacial score (nSPS) is 24.9. The predicted molar refractivity (Wildman–Crippen MR) is 269 cm³/mol. The Bertz CT molecular complexity index is 2890. The van der Waals surface area contributed by atoms with Crippen LogP contribution in [0.5, 0.6) is 0 Å². The van der Waals surface area contributed by atoms with E-state index in [9.17, 15) is 0 Å². The Hall–Kier alpha value is -5.98. The maximum atomic E-state index is 2.69. The van der Waals surface area contributed by atoms with E-state index in [0.29, 0.717) is 17.3 Å². The zero-order valence-electron chi connectivity index (χ0n) is 37.7. The molecule has 7 aliphatic rings. The van der Waals surface area contributed by atoms with Crippen molar-refractivity contribution in [3.63, 3.8) is 0 Å². The van der Waals surface area contributed by atoms with Gasteiger partial charge in [0.15, 0.2) is 0 Å². The van der Waals surface area contributed by atoms with Crippen molar-refractivity contribution in [2.75, 3.05) is 0 Å². The number of hydrogen-bond donors (Lipinski definition) is 0. The molecule has 0 N–H and O–H groups in total. The second-order valence-electron chi connectivity index (χ2n) is 20.4. The molecule has 0 amide bonds. The highest BCUT2D eigenvalue weighted by Gasteiger charge is 2.58. The summed E-state index contributed by atoms with van der Waals surface area (Å²) in [6, 6.07) is 46.7. The van der Waals surface area contributed by atoms with E-state index >= 15 is 0 Å². The lowest BCUT2D eigenvalue weighted by molar-refractivity contribution is 0.355. The molecule has 2 saturated carbocycles. The minimum absolute atomic E-state index is 0.128. The van der Waals surface area contributed by atoms with Crippen LogP contribution < -0.4 is 0 Å². The van der Waals surface area contributed by atoms with Gasteiger partial charge in [-0.3, -0.25) is 0 Å². The van der Waals surface area contributed by atoms with Crippen molar-refractivity contribution >= 4 is 5.57 Å². The molecule has 0 nitrogen and oxygen atoms in total. The van der Waals surface area contributed by atoms with Gasteiger partial charge in [-0.1, -0.05) is 207 Å². The molecule has 5 aromatic rings. The first kappa shape index (κ1) is 39.6. The van der Waals surface area contributed by atoms with E-state index in [1.807, 2.05) is 0 Å². The monoisotopic (exact) mass is 828 g/mol. The second kappa shape index (κ2) is 15.6. The smallest absolute Gasteiger partial charge is 0.0423 e. The Labute approximate surface area is 382 Å². The Balaban J connectivity index is 0.882. The van der Waals surface area contributed by atoms with Crippen molar-refractivity contribution in [1.29, 1.82) is 0 Å². The topological polar surface area (TPSA) is 0 Å². The maximum absolute atomic E-state index is 2.69. The number of allylic oxidation sites excluding steroid dienone is 16. The molecule has 4 unspecified atom stereocenters. The van der Waals surface area contributed by atoms with Crippen molar-refractivity contribution < 1.29 is 0 Å². The number of rotatable bonds is 9. The van der Waals surface area contributed by atoms with Crippen LogP contribution >= 0.6 is 0 Å². The van der Waals surface area contributed by atoms with Gasteiger partial charge < -0.3 is 0 Å². The van der Waals surface area contributed by atoms with Crippen LogP contribution in [-0.2, 0) is 10.8 Å². The number of benzene rings is 5. The molecule has 5 aromatic carbocycles. The van der Waals surface area contributed by atoms with Gasteiger partial charge in [0.25, 0.3) is 0 Å². The van der Waals surface area contributed by atoms with Crippen molar-refractivity contribution in [3.05, 3.63) is 244 Å². The Morgan fingerprint density at radius 2 is 1.38 bits per heavy atom. The molecule has 12 rings (SSSR count). The molecule has 7 aliphatic carbocycles. The van der Waals surface area contributed by atoms with E-state index in [1.54, 1.807) is 22.3 Å². The third-order valence-corrected chi connectivity index (χ3v) is 17.2. The molecule has 2 fully saturated rings. The summed E-state index contributed by atoms with van der Waals surface area (Å²) < 4.78 is 0. The van der Waals surface area contributed by atoms with Gasteiger partial charge in [-0.2, -0.15) is 0 Å². The molecular formula is C64H60. The summed E-state index contributed by atoms with van der Waals surface area (Å²) >= 11 is 0. The standard InChI is InChI=1S/C64H60/c1-44(41-60(64-40-11-10-19-54(64)43-64)56-22-14-18-50-17-6-7-20-55(50)56)45-24-26-47(27-25-45)49-30-34-52(35-31-49)62(2,51-32-28-48(29-33-51)46-15-4-3-5-16-46)53-36-37-58-57-21-8-9-23-59(57)63(61(58)42-53)38-12-13-39-63/h3-10,14-17,19-24,26,28-37,41-42,50,54,60H,11-13,18,25,27,38-40,43H2,1-2H3/b44-41+/t50?,54?,60?,62-,64?/m1/s1. The van der Waals surface area contributed by atoms with Crippen LogP contribution in [0.1, 0.15) is 111 Å². The first-order chi connectivity index (χ1) is 31.4. The van der Waals surface area contributed by atoms with Crippen LogP contribution in [0.2, 0.25) is 0 Å². The average molecular weight is 829 g/mol. The van der Waals surface area contributed by atoms with Gasteiger partial charge in [0.2, 0.25) is 0 Å². The summed E-state index contributed by atoms with van der Waals surface area (Å²) in [7, 11) is 0. The predicted octanol–water partition coefficient (Wildman–Crippen LogP) is 16.6. The Morgan fingerprint density at radius 1 is 0.656 bits per heavy atom. The van der Waals surface area contributed by atoms with Gasteiger partial charge in [-0.25, -0.2) is 0 Å². The lowest BCUT2D eigenvalue weighted by atomic mass is 9.68. The van der Waals surface area contributed by atoms with Gasteiger partial charge in [0, 0.05) is 22.7 Å².